The molecule has 1 heterocycles. The van der Waals surface area contributed by atoms with Crippen LogP contribution in [0.2, 0.25) is 10.2 Å². The lowest BCUT2D eigenvalue weighted by Gasteiger charge is -2.15. The van der Waals surface area contributed by atoms with Crippen molar-refractivity contribution in [1.82, 2.24) is 4.98 Å². The van der Waals surface area contributed by atoms with Gasteiger partial charge in [0.2, 0.25) is 0 Å². The Morgan fingerprint density at radius 3 is 2.62 bits per heavy atom. The van der Waals surface area contributed by atoms with Crippen LogP contribution in [0, 0.1) is 0 Å². The van der Waals surface area contributed by atoms with Crippen LogP contribution in [-0.4, -0.2) is 24.6 Å². The molecule has 0 saturated heterocycles. The number of carbonyl (C=O) groups excluding carboxylic acids is 1. The van der Waals surface area contributed by atoms with E-state index >= 15 is 0 Å². The molecule has 0 aliphatic heterocycles. The highest BCUT2D eigenvalue weighted by Crippen LogP contribution is 2.34. The number of pyridine rings is 1. The van der Waals surface area contributed by atoms with Gasteiger partial charge in [0.25, 0.3) is 0 Å². The molecule has 24 heavy (non-hydrogen) atoms. The monoisotopic (exact) mass is 387 g/mol. The number of hydrogen-bond donors (Lipinski definition) is 2. The molecule has 0 spiro atoms. The predicted molar refractivity (Wildman–Crippen MR) is 101 cm³/mol. The van der Waals surface area contributed by atoms with Crippen LogP contribution in [0.4, 0.5) is 5.69 Å². The maximum absolute atomic E-state index is 11.8. The van der Waals surface area contributed by atoms with Gasteiger partial charge >= 0.3 is 5.97 Å². The number of hydrogen-bond acceptors (Lipinski definition) is 5. The van der Waals surface area contributed by atoms with E-state index in [0.29, 0.717) is 22.0 Å². The second-order valence-corrected chi connectivity index (χ2v) is 5.51. The molecule has 0 bridgehead atoms. The fourth-order valence-corrected chi connectivity index (χ4v) is 2.23. The van der Waals surface area contributed by atoms with Crippen LogP contribution in [-0.2, 0) is 4.74 Å². The number of nitrogens with one attached hydrogen (secondary N) is 1. The largest absolute Gasteiger partial charge is 0.464 e. The highest BCUT2D eigenvalue weighted by molar-refractivity contribution is 6.43. The van der Waals surface area contributed by atoms with Gasteiger partial charge in [-0.25, -0.2) is 9.78 Å². The van der Waals surface area contributed by atoms with Gasteiger partial charge in [0, 0.05) is 11.3 Å². The van der Waals surface area contributed by atoms with Gasteiger partial charge < -0.3 is 15.8 Å². The SMILES string of the molecule is C=C/C=C\C(Cl)=C(/N)CNc1c(Cl)c(Cl)nc(C(=O)OC)c1C=C. The van der Waals surface area contributed by atoms with E-state index in [0.717, 1.165) is 0 Å². The van der Waals surface area contributed by atoms with E-state index in [1.165, 1.54) is 13.2 Å². The quantitative estimate of drug-likeness (QED) is 0.412. The first-order valence-electron chi connectivity index (χ1n) is 6.64. The molecular weight excluding hydrogens is 373 g/mol. The van der Waals surface area contributed by atoms with Gasteiger partial charge in [-0.15, -0.1) is 0 Å². The van der Waals surface area contributed by atoms with Crippen LogP contribution in [0.15, 0.2) is 42.1 Å². The lowest BCUT2D eigenvalue weighted by atomic mass is 10.1. The summed E-state index contributed by atoms with van der Waals surface area (Å²) in [7, 11) is 1.24. The fraction of sp³-hybridized carbons (Fsp3) is 0.125. The van der Waals surface area contributed by atoms with Crippen LogP contribution in [0.1, 0.15) is 16.1 Å². The van der Waals surface area contributed by atoms with E-state index in [2.05, 4.69) is 28.2 Å². The van der Waals surface area contributed by atoms with Crippen LogP contribution in [0.25, 0.3) is 6.08 Å². The topological polar surface area (TPSA) is 77.2 Å². The number of ether oxygens (including phenoxy) is 1. The van der Waals surface area contributed by atoms with E-state index in [9.17, 15) is 4.79 Å². The van der Waals surface area contributed by atoms with Crippen molar-refractivity contribution in [2.24, 2.45) is 5.73 Å². The minimum Gasteiger partial charge on any atom is -0.464 e. The van der Waals surface area contributed by atoms with E-state index in [1.807, 2.05) is 0 Å². The van der Waals surface area contributed by atoms with E-state index < -0.39 is 5.97 Å². The Morgan fingerprint density at radius 1 is 1.42 bits per heavy atom. The number of nitrogens with zero attached hydrogens (tertiary/aromatic N) is 1. The highest BCUT2D eigenvalue weighted by atomic mass is 35.5. The number of allylic oxidation sites excluding steroid dienone is 4. The summed E-state index contributed by atoms with van der Waals surface area (Å²) in [4.78, 5) is 15.8. The first kappa shape index (κ1) is 20.1. The number of rotatable bonds is 7. The molecule has 1 aromatic heterocycles. The number of methoxy groups -OCH3 is 1. The average Bonchev–Trinajstić information content (AvgIpc) is 2.59. The molecule has 0 aliphatic carbocycles. The zero-order chi connectivity index (χ0) is 18.3. The van der Waals surface area contributed by atoms with Gasteiger partial charge in [-0.2, -0.15) is 0 Å². The number of halogens is 3. The van der Waals surface area contributed by atoms with E-state index in [-0.39, 0.29) is 22.4 Å². The lowest BCUT2D eigenvalue weighted by Crippen LogP contribution is -2.16. The third-order valence-corrected chi connectivity index (χ3v) is 3.97. The second-order valence-electron chi connectivity index (χ2n) is 4.37. The number of esters is 1. The van der Waals surface area contributed by atoms with Gasteiger partial charge in [-0.1, -0.05) is 66.2 Å². The molecule has 128 valence electrons. The molecule has 8 heteroatoms. The van der Waals surface area contributed by atoms with Crippen molar-refractivity contribution in [3.8, 4) is 0 Å². The van der Waals surface area contributed by atoms with Gasteiger partial charge in [0.1, 0.15) is 5.02 Å². The summed E-state index contributed by atoms with van der Waals surface area (Å²) in [5.41, 5.74) is 6.95. The summed E-state index contributed by atoms with van der Waals surface area (Å²) in [6, 6.07) is 0. The molecule has 0 fully saturated rings. The molecule has 5 nitrogen and oxygen atoms in total. The molecule has 0 radical (unpaired) electrons. The first-order chi connectivity index (χ1) is 11.4. The van der Waals surface area contributed by atoms with Gasteiger partial charge in [-0.3, -0.25) is 0 Å². The highest BCUT2D eigenvalue weighted by Gasteiger charge is 2.21. The third-order valence-electron chi connectivity index (χ3n) is 2.86. The normalized spacial score (nSPS) is 11.8. The molecule has 0 amide bonds. The summed E-state index contributed by atoms with van der Waals surface area (Å²) < 4.78 is 4.68. The van der Waals surface area contributed by atoms with Crippen molar-refractivity contribution in [3.63, 3.8) is 0 Å². The molecular formula is C16H16Cl3N3O2. The van der Waals surface area contributed by atoms with Crippen molar-refractivity contribution in [1.29, 1.82) is 0 Å². The minimum absolute atomic E-state index is 0.00963. The number of aromatic nitrogens is 1. The van der Waals surface area contributed by atoms with Gasteiger partial charge in [-0.05, 0) is 6.08 Å². The van der Waals surface area contributed by atoms with Crippen molar-refractivity contribution in [2.75, 3.05) is 19.0 Å². The van der Waals surface area contributed by atoms with Gasteiger partial charge in [0.05, 0.1) is 24.4 Å². The van der Waals surface area contributed by atoms with Crippen molar-refractivity contribution >= 4 is 52.5 Å². The zero-order valence-corrected chi connectivity index (χ0v) is 15.2. The maximum atomic E-state index is 11.8. The summed E-state index contributed by atoms with van der Waals surface area (Å²) in [6.07, 6.45) is 6.24. The summed E-state index contributed by atoms with van der Waals surface area (Å²) in [5, 5.41) is 3.41. The zero-order valence-electron chi connectivity index (χ0n) is 12.9. The molecule has 0 saturated carbocycles. The smallest absolute Gasteiger partial charge is 0.357 e. The Kier molecular flexibility index (Phi) is 7.85. The van der Waals surface area contributed by atoms with E-state index in [1.54, 1.807) is 18.2 Å². The summed E-state index contributed by atoms with van der Waals surface area (Å²) in [6.45, 7) is 7.36. The Labute approximate surface area is 155 Å². The van der Waals surface area contributed by atoms with Crippen LogP contribution in [0.5, 0.6) is 0 Å². The minimum atomic E-state index is -0.665. The molecule has 3 N–H and O–H groups in total. The Balaban J connectivity index is 3.26. The Bertz CT molecular complexity index is 728. The lowest BCUT2D eigenvalue weighted by molar-refractivity contribution is 0.0594. The summed E-state index contributed by atoms with van der Waals surface area (Å²) in [5.74, 6) is -0.665. The van der Waals surface area contributed by atoms with Crippen LogP contribution in [0.3, 0.4) is 0 Å². The maximum Gasteiger partial charge on any atom is 0.357 e. The van der Waals surface area contributed by atoms with Crippen LogP contribution < -0.4 is 11.1 Å². The molecule has 0 aliphatic rings. The molecule has 0 atom stereocenters. The molecule has 0 aromatic carbocycles. The second kappa shape index (κ2) is 9.37. The van der Waals surface area contributed by atoms with Gasteiger partial charge in [0.15, 0.2) is 10.8 Å². The number of anilines is 1. The predicted octanol–water partition coefficient (Wildman–Crippen LogP) is 4.38. The summed E-state index contributed by atoms with van der Waals surface area (Å²) >= 11 is 18.2. The van der Waals surface area contributed by atoms with E-state index in [4.69, 9.17) is 40.5 Å². The van der Waals surface area contributed by atoms with Crippen molar-refractivity contribution < 1.29 is 9.53 Å². The first-order valence-corrected chi connectivity index (χ1v) is 7.77. The van der Waals surface area contributed by atoms with Crippen molar-refractivity contribution in [2.45, 2.75) is 0 Å². The average molecular weight is 389 g/mol. The number of carbonyl (C=O) groups is 1. The Hall–Kier alpha value is -1.95. The standard InChI is InChI=1S/C16H16Cl3N3O2/c1-4-6-7-10(17)11(20)8-21-13-9(5-2)14(16(23)24-3)22-15(19)12(13)18/h4-7H,1-2,8,20H2,3H3,(H,21,22)/b7-6-,11-10+. The van der Waals surface area contributed by atoms with Crippen LogP contribution >= 0.6 is 34.8 Å². The third kappa shape index (κ3) is 4.77. The Morgan fingerprint density at radius 2 is 2.08 bits per heavy atom. The molecule has 1 rings (SSSR count). The fourth-order valence-electron chi connectivity index (χ4n) is 1.70. The molecule has 1 aromatic rings. The molecule has 0 unspecified atom stereocenters. The number of nitrogens with two attached hydrogens (primary N) is 1. The van der Waals surface area contributed by atoms with Crippen molar-refractivity contribution in [3.05, 3.63) is 63.5 Å².